The molecule has 1 N–H and O–H groups in total. The number of nitrogens with zero attached hydrogens (tertiary/aromatic N) is 2. The van der Waals surface area contributed by atoms with Crippen molar-refractivity contribution < 1.29 is 19.1 Å². The van der Waals surface area contributed by atoms with E-state index in [0.29, 0.717) is 36.0 Å². The normalized spacial score (nSPS) is 17.6. The molecule has 8 heteroatoms. The molecule has 2 aliphatic rings. The van der Waals surface area contributed by atoms with Crippen LogP contribution >= 0.6 is 11.8 Å². The third kappa shape index (κ3) is 4.12. The van der Waals surface area contributed by atoms with Crippen LogP contribution in [0.2, 0.25) is 0 Å². The average Bonchev–Trinajstić information content (AvgIpc) is 3.04. The maximum atomic E-state index is 12.6. The molecule has 1 saturated heterocycles. The summed E-state index contributed by atoms with van der Waals surface area (Å²) >= 11 is 0.887. The maximum absolute atomic E-state index is 12.6. The summed E-state index contributed by atoms with van der Waals surface area (Å²) < 4.78 is 5.77. The number of nitrogens with one attached hydrogen (secondary N) is 1. The molecule has 4 rings (SSSR count). The van der Waals surface area contributed by atoms with Gasteiger partial charge in [-0.3, -0.25) is 19.7 Å². The van der Waals surface area contributed by atoms with Crippen molar-refractivity contribution in [3.63, 3.8) is 0 Å². The van der Waals surface area contributed by atoms with Crippen molar-refractivity contribution >= 4 is 40.6 Å². The Morgan fingerprint density at radius 2 is 1.86 bits per heavy atom. The van der Waals surface area contributed by atoms with Crippen LogP contribution in [-0.4, -0.2) is 48.8 Å². The first kappa shape index (κ1) is 19.1. The monoisotopic (exact) mass is 409 g/mol. The molecule has 148 valence electrons. The Morgan fingerprint density at radius 3 is 2.59 bits per heavy atom. The first-order valence-corrected chi connectivity index (χ1v) is 9.90. The van der Waals surface area contributed by atoms with Gasteiger partial charge in [0.25, 0.3) is 17.1 Å². The highest BCUT2D eigenvalue weighted by molar-refractivity contribution is 8.18. The molecular weight excluding hydrogens is 390 g/mol. The zero-order valence-electron chi connectivity index (χ0n) is 15.8. The number of rotatable bonds is 5. The van der Waals surface area contributed by atoms with Gasteiger partial charge in [-0.15, -0.1) is 0 Å². The number of para-hydroxylation sites is 1. The van der Waals surface area contributed by atoms with Crippen molar-refractivity contribution in [1.82, 2.24) is 10.2 Å². The molecule has 0 saturated carbocycles. The molecule has 2 aromatic carbocycles. The fourth-order valence-electron chi connectivity index (χ4n) is 3.23. The van der Waals surface area contributed by atoms with Gasteiger partial charge < -0.3 is 14.5 Å². The molecule has 7 nitrogen and oxygen atoms in total. The second-order valence-electron chi connectivity index (χ2n) is 6.69. The number of carbonyl (C=O) groups is 3. The van der Waals surface area contributed by atoms with E-state index in [1.165, 1.54) is 0 Å². The molecule has 0 aromatic heterocycles. The van der Waals surface area contributed by atoms with Gasteiger partial charge in [-0.1, -0.05) is 24.3 Å². The van der Waals surface area contributed by atoms with Gasteiger partial charge in [-0.05, 0) is 47.7 Å². The van der Waals surface area contributed by atoms with Crippen molar-refractivity contribution in [3.8, 4) is 5.75 Å². The van der Waals surface area contributed by atoms with E-state index in [0.717, 1.165) is 23.0 Å². The number of hydrogen-bond acceptors (Lipinski definition) is 6. The van der Waals surface area contributed by atoms with Crippen LogP contribution in [0.4, 0.5) is 10.5 Å². The van der Waals surface area contributed by atoms with E-state index < -0.39 is 0 Å². The topological polar surface area (TPSA) is 79.0 Å². The quantitative estimate of drug-likeness (QED) is 0.765. The lowest BCUT2D eigenvalue weighted by atomic mass is 10.1. The molecule has 3 amide bonds. The van der Waals surface area contributed by atoms with Crippen LogP contribution in [0.3, 0.4) is 0 Å². The molecule has 0 bridgehead atoms. The van der Waals surface area contributed by atoms with Gasteiger partial charge in [0.05, 0.1) is 29.4 Å². The first-order chi connectivity index (χ1) is 14.0. The first-order valence-electron chi connectivity index (χ1n) is 9.08. The Bertz CT molecular complexity index is 1000. The van der Waals surface area contributed by atoms with Crippen molar-refractivity contribution in [1.29, 1.82) is 0 Å². The zero-order chi connectivity index (χ0) is 20.4. The summed E-state index contributed by atoms with van der Waals surface area (Å²) in [5.74, 6) is 0.300. The predicted molar refractivity (Wildman–Crippen MR) is 112 cm³/mol. The average molecular weight is 409 g/mol. The fraction of sp³-hybridized carbons (Fsp3) is 0.190. The number of anilines is 1. The van der Waals surface area contributed by atoms with Crippen molar-refractivity contribution in [2.24, 2.45) is 0 Å². The van der Waals surface area contributed by atoms with Gasteiger partial charge in [-0.2, -0.15) is 0 Å². The highest BCUT2D eigenvalue weighted by Crippen LogP contribution is 2.27. The Hall–Kier alpha value is -3.26. The summed E-state index contributed by atoms with van der Waals surface area (Å²) in [5.41, 5.74) is 2.44. The Kier molecular flexibility index (Phi) is 5.26. The van der Waals surface area contributed by atoms with Crippen molar-refractivity contribution in [2.45, 2.75) is 0 Å². The van der Waals surface area contributed by atoms with E-state index in [1.54, 1.807) is 23.1 Å². The molecule has 29 heavy (non-hydrogen) atoms. The third-order valence-electron chi connectivity index (χ3n) is 4.67. The maximum Gasteiger partial charge on any atom is 0.290 e. The van der Waals surface area contributed by atoms with E-state index in [2.05, 4.69) is 5.32 Å². The lowest BCUT2D eigenvalue weighted by Crippen LogP contribution is -2.46. The zero-order valence-corrected chi connectivity index (χ0v) is 16.6. The number of fused-ring (bicyclic) bond motifs is 1. The van der Waals surface area contributed by atoms with Crippen molar-refractivity contribution in [3.05, 3.63) is 64.6 Å². The number of carbonyl (C=O) groups excluding carboxylic acids is 3. The van der Waals surface area contributed by atoms with E-state index in [9.17, 15) is 14.4 Å². The number of imide groups is 1. The van der Waals surface area contributed by atoms with Gasteiger partial charge >= 0.3 is 0 Å². The number of hydrogen-bond donors (Lipinski definition) is 1. The number of ether oxygens (including phenoxy) is 1. The van der Waals surface area contributed by atoms with E-state index in [4.69, 9.17) is 4.74 Å². The van der Waals surface area contributed by atoms with E-state index >= 15 is 0 Å². The fourth-order valence-corrected chi connectivity index (χ4v) is 3.92. The third-order valence-corrected chi connectivity index (χ3v) is 5.48. The Labute approximate surface area is 172 Å². The lowest BCUT2D eigenvalue weighted by molar-refractivity contribution is -0.115. The Morgan fingerprint density at radius 1 is 1.10 bits per heavy atom. The molecule has 0 spiro atoms. The molecular formula is C21H19N3O4S. The molecule has 2 aromatic rings. The summed E-state index contributed by atoms with van der Waals surface area (Å²) in [5, 5.41) is 1.87. The van der Waals surface area contributed by atoms with E-state index in [-0.39, 0.29) is 17.1 Å². The van der Waals surface area contributed by atoms with Crippen LogP contribution in [0.5, 0.6) is 5.75 Å². The summed E-state index contributed by atoms with van der Waals surface area (Å²) in [7, 11) is 1.96. The molecule has 1 fully saturated rings. The number of amides is 3. The van der Waals surface area contributed by atoms with Gasteiger partial charge in [-0.25, -0.2) is 0 Å². The van der Waals surface area contributed by atoms with Crippen LogP contribution in [0.15, 0.2) is 53.4 Å². The summed E-state index contributed by atoms with van der Waals surface area (Å²) in [6.45, 7) is 1.36. The second kappa shape index (κ2) is 8.00. The molecule has 0 aliphatic carbocycles. The molecule has 0 atom stereocenters. The van der Waals surface area contributed by atoms with Crippen molar-refractivity contribution in [2.75, 3.05) is 31.8 Å². The minimum atomic E-state index is -0.377. The van der Waals surface area contributed by atoms with E-state index in [1.807, 2.05) is 48.3 Å². The number of thioether (sulfide) groups is 1. The minimum absolute atomic E-state index is 0.00570. The van der Waals surface area contributed by atoms with Crippen LogP contribution in [-0.2, 0) is 4.79 Å². The Balaban J connectivity index is 1.33. The van der Waals surface area contributed by atoms with Crippen LogP contribution in [0.25, 0.3) is 6.08 Å². The highest BCUT2D eigenvalue weighted by Gasteiger charge is 2.27. The molecule has 0 unspecified atom stereocenters. The van der Waals surface area contributed by atoms with Crippen LogP contribution in [0.1, 0.15) is 15.9 Å². The van der Waals surface area contributed by atoms with Crippen LogP contribution in [0, 0.1) is 0 Å². The highest BCUT2D eigenvalue weighted by atomic mass is 32.2. The smallest absolute Gasteiger partial charge is 0.290 e. The predicted octanol–water partition coefficient (Wildman–Crippen LogP) is 2.94. The SMILES string of the molecule is CN1CN(CCOc2ccc(/C=C3\SC(=O)NC3=O)cc2)C(=O)c2ccccc21. The standard InChI is InChI=1S/C21H19N3O4S/c1-23-13-24(20(26)16-4-2-3-5-17(16)23)10-11-28-15-8-6-14(7-9-15)12-18-19(25)22-21(27)29-18/h2-9,12H,10-11,13H2,1H3,(H,22,25,27)/b18-12-. The summed E-state index contributed by atoms with van der Waals surface area (Å²) in [4.78, 5) is 39.6. The second-order valence-corrected chi connectivity index (χ2v) is 7.71. The minimum Gasteiger partial charge on any atom is -0.492 e. The van der Waals surface area contributed by atoms with Gasteiger partial charge in [0.2, 0.25) is 0 Å². The largest absolute Gasteiger partial charge is 0.492 e. The van der Waals surface area contributed by atoms with Gasteiger partial charge in [0.15, 0.2) is 0 Å². The molecule has 2 aliphatic heterocycles. The van der Waals surface area contributed by atoms with Crippen LogP contribution < -0.4 is 15.0 Å². The molecule has 0 radical (unpaired) electrons. The van der Waals surface area contributed by atoms with Gasteiger partial charge in [0, 0.05) is 7.05 Å². The summed E-state index contributed by atoms with van der Waals surface area (Å²) in [6, 6.07) is 14.8. The van der Waals surface area contributed by atoms with Gasteiger partial charge in [0.1, 0.15) is 12.4 Å². The summed E-state index contributed by atoms with van der Waals surface area (Å²) in [6.07, 6.45) is 1.66. The number of benzene rings is 2. The molecule has 2 heterocycles. The lowest BCUT2D eigenvalue weighted by Gasteiger charge is -2.35.